The van der Waals surface area contributed by atoms with Crippen LogP contribution in [0, 0.1) is 0 Å². The Hall–Kier alpha value is -2.35. The van der Waals surface area contributed by atoms with Gasteiger partial charge in [0.15, 0.2) is 0 Å². The predicted molar refractivity (Wildman–Crippen MR) is 105 cm³/mol. The van der Waals surface area contributed by atoms with E-state index in [0.29, 0.717) is 16.6 Å². The highest BCUT2D eigenvalue weighted by molar-refractivity contribution is 7.94. The average molecular weight is 404 g/mol. The predicted octanol–water partition coefficient (Wildman–Crippen LogP) is 4.60. The number of halogens is 1. The van der Waals surface area contributed by atoms with E-state index in [0.717, 1.165) is 27.7 Å². The van der Waals surface area contributed by atoms with E-state index >= 15 is 0 Å². The zero-order valence-electron chi connectivity index (χ0n) is 13.5. The molecule has 0 radical (unpaired) electrons. The second kappa shape index (κ2) is 6.75. The third kappa shape index (κ3) is 3.46. The van der Waals surface area contributed by atoms with Crippen LogP contribution < -0.4 is 4.72 Å². The summed E-state index contributed by atoms with van der Waals surface area (Å²) in [5.74, 6) is 0. The summed E-state index contributed by atoms with van der Waals surface area (Å²) in [6.07, 6.45) is 3.17. The molecule has 2 aromatic heterocycles. The molecule has 0 unspecified atom stereocenters. The molecule has 4 rings (SSSR count). The van der Waals surface area contributed by atoms with Crippen molar-refractivity contribution in [2.45, 2.75) is 10.8 Å². The molecule has 0 atom stereocenters. The molecule has 4 aromatic rings. The van der Waals surface area contributed by atoms with Crippen molar-refractivity contribution in [1.82, 2.24) is 9.78 Å². The summed E-state index contributed by atoms with van der Waals surface area (Å²) in [5, 5.41) is 6.58. The van der Waals surface area contributed by atoms with E-state index in [4.69, 9.17) is 11.6 Å². The van der Waals surface area contributed by atoms with Gasteiger partial charge in [0, 0.05) is 6.20 Å². The van der Waals surface area contributed by atoms with Gasteiger partial charge >= 0.3 is 0 Å². The van der Waals surface area contributed by atoms with Crippen LogP contribution in [0.1, 0.15) is 5.56 Å². The highest BCUT2D eigenvalue weighted by Gasteiger charge is 2.17. The van der Waals surface area contributed by atoms with Crippen molar-refractivity contribution in [2.24, 2.45) is 0 Å². The Labute approximate surface area is 159 Å². The molecule has 0 saturated heterocycles. The van der Waals surface area contributed by atoms with Crippen LogP contribution in [0.4, 0.5) is 5.69 Å². The number of nitrogens with one attached hydrogen (secondary N) is 1. The van der Waals surface area contributed by atoms with E-state index < -0.39 is 10.0 Å². The molecule has 5 nitrogen and oxygen atoms in total. The standard InChI is InChI=1S/C18H14ClN3O2S2/c19-17-8-9-18(25-17)26(23,24)21-15-10-20-22(12-15)11-14-6-3-5-13-4-1-2-7-16(13)14/h1-10,12,21H,11H2. The maximum absolute atomic E-state index is 12.4. The molecule has 0 saturated carbocycles. The van der Waals surface area contributed by atoms with Gasteiger partial charge in [-0.25, -0.2) is 8.42 Å². The van der Waals surface area contributed by atoms with Gasteiger partial charge in [-0.3, -0.25) is 9.40 Å². The minimum atomic E-state index is -3.66. The molecule has 0 bridgehead atoms. The SMILES string of the molecule is O=S(=O)(Nc1cnn(Cc2cccc3ccccc23)c1)c1ccc(Cl)s1. The summed E-state index contributed by atoms with van der Waals surface area (Å²) in [5.41, 5.74) is 1.53. The van der Waals surface area contributed by atoms with Crippen LogP contribution in [0.15, 0.2) is 71.2 Å². The molecule has 8 heteroatoms. The third-order valence-corrected chi connectivity index (χ3v) is 7.02. The van der Waals surface area contributed by atoms with Crippen molar-refractivity contribution in [1.29, 1.82) is 0 Å². The van der Waals surface area contributed by atoms with Crippen molar-refractivity contribution in [3.05, 3.63) is 76.9 Å². The molecule has 2 aromatic carbocycles. The smallest absolute Gasteiger partial charge is 0.271 e. The highest BCUT2D eigenvalue weighted by atomic mass is 35.5. The molecule has 26 heavy (non-hydrogen) atoms. The Morgan fingerprint density at radius 1 is 1.08 bits per heavy atom. The lowest BCUT2D eigenvalue weighted by molar-refractivity contribution is 0.603. The van der Waals surface area contributed by atoms with Gasteiger partial charge in [0.25, 0.3) is 10.0 Å². The Morgan fingerprint density at radius 3 is 2.69 bits per heavy atom. The van der Waals surface area contributed by atoms with Crippen molar-refractivity contribution in [3.63, 3.8) is 0 Å². The van der Waals surface area contributed by atoms with E-state index in [9.17, 15) is 8.42 Å². The van der Waals surface area contributed by atoms with Crippen LogP contribution in [-0.2, 0) is 16.6 Å². The van der Waals surface area contributed by atoms with Crippen LogP contribution >= 0.6 is 22.9 Å². The van der Waals surface area contributed by atoms with E-state index in [-0.39, 0.29) is 4.21 Å². The van der Waals surface area contributed by atoms with E-state index in [1.165, 1.54) is 12.3 Å². The number of anilines is 1. The van der Waals surface area contributed by atoms with Crippen LogP contribution in [0.2, 0.25) is 4.34 Å². The first-order chi connectivity index (χ1) is 12.5. The van der Waals surface area contributed by atoms with E-state index in [2.05, 4.69) is 28.0 Å². The normalized spacial score (nSPS) is 11.7. The van der Waals surface area contributed by atoms with Gasteiger partial charge in [-0.15, -0.1) is 11.3 Å². The largest absolute Gasteiger partial charge is 0.276 e. The molecule has 0 aliphatic heterocycles. The van der Waals surface area contributed by atoms with Crippen molar-refractivity contribution in [3.8, 4) is 0 Å². The Balaban J connectivity index is 1.57. The first-order valence-electron chi connectivity index (χ1n) is 7.78. The second-order valence-corrected chi connectivity index (χ2v) is 9.35. The summed E-state index contributed by atoms with van der Waals surface area (Å²) < 4.78 is 29.6. The van der Waals surface area contributed by atoms with Gasteiger partial charge < -0.3 is 0 Å². The monoisotopic (exact) mass is 403 g/mol. The first-order valence-corrected chi connectivity index (χ1v) is 10.5. The maximum atomic E-state index is 12.4. The fourth-order valence-electron chi connectivity index (χ4n) is 2.76. The van der Waals surface area contributed by atoms with Gasteiger partial charge in [-0.1, -0.05) is 54.1 Å². The summed E-state index contributed by atoms with van der Waals surface area (Å²) >= 11 is 6.83. The molecular weight excluding hydrogens is 390 g/mol. The van der Waals surface area contributed by atoms with Crippen molar-refractivity contribution >= 4 is 49.4 Å². The molecule has 1 N–H and O–H groups in total. The van der Waals surface area contributed by atoms with Gasteiger partial charge in [-0.2, -0.15) is 5.10 Å². The number of aromatic nitrogens is 2. The number of fused-ring (bicyclic) bond motifs is 1. The zero-order valence-corrected chi connectivity index (χ0v) is 15.9. The lowest BCUT2D eigenvalue weighted by Gasteiger charge is -2.07. The lowest BCUT2D eigenvalue weighted by atomic mass is 10.0. The van der Waals surface area contributed by atoms with Crippen LogP contribution in [-0.4, -0.2) is 18.2 Å². The molecule has 0 aliphatic rings. The Morgan fingerprint density at radius 2 is 1.88 bits per heavy atom. The van der Waals surface area contributed by atoms with Gasteiger partial charge in [0.2, 0.25) is 0 Å². The first kappa shape index (κ1) is 17.1. The van der Waals surface area contributed by atoms with Gasteiger partial charge in [0.1, 0.15) is 4.21 Å². The number of sulfonamides is 1. The highest BCUT2D eigenvalue weighted by Crippen LogP contribution is 2.27. The quantitative estimate of drug-likeness (QED) is 0.529. The van der Waals surface area contributed by atoms with Crippen LogP contribution in [0.25, 0.3) is 10.8 Å². The van der Waals surface area contributed by atoms with Gasteiger partial charge in [-0.05, 0) is 28.5 Å². The Bertz CT molecular complexity index is 1180. The van der Waals surface area contributed by atoms with Gasteiger partial charge in [0.05, 0.1) is 22.8 Å². The van der Waals surface area contributed by atoms with Crippen LogP contribution in [0.5, 0.6) is 0 Å². The summed E-state index contributed by atoms with van der Waals surface area (Å²) in [4.78, 5) is 0. The fourth-order valence-corrected chi connectivity index (χ4v) is 5.27. The van der Waals surface area contributed by atoms with E-state index in [1.54, 1.807) is 16.9 Å². The summed E-state index contributed by atoms with van der Waals surface area (Å²) in [6.45, 7) is 0.550. The van der Waals surface area contributed by atoms with Crippen molar-refractivity contribution < 1.29 is 8.42 Å². The lowest BCUT2D eigenvalue weighted by Crippen LogP contribution is -2.10. The second-order valence-electron chi connectivity index (χ2n) is 5.73. The topological polar surface area (TPSA) is 64.0 Å². The molecule has 2 heterocycles. The number of nitrogens with zero attached hydrogens (tertiary/aromatic N) is 2. The molecule has 132 valence electrons. The maximum Gasteiger partial charge on any atom is 0.271 e. The third-order valence-electron chi connectivity index (χ3n) is 3.91. The molecule has 0 aliphatic carbocycles. The summed E-state index contributed by atoms with van der Waals surface area (Å²) in [7, 11) is -3.66. The number of thiophene rings is 1. The molecule has 0 spiro atoms. The Kier molecular flexibility index (Phi) is 4.44. The number of rotatable bonds is 5. The zero-order chi connectivity index (χ0) is 18.1. The molecular formula is C18H14ClN3O2S2. The number of hydrogen-bond acceptors (Lipinski definition) is 4. The molecule has 0 fully saturated rings. The minimum absolute atomic E-state index is 0.171. The fraction of sp³-hybridized carbons (Fsp3) is 0.0556. The van der Waals surface area contributed by atoms with Crippen molar-refractivity contribution in [2.75, 3.05) is 4.72 Å². The van der Waals surface area contributed by atoms with E-state index in [1.807, 2.05) is 24.3 Å². The molecule has 0 amide bonds. The van der Waals surface area contributed by atoms with Crippen LogP contribution in [0.3, 0.4) is 0 Å². The minimum Gasteiger partial charge on any atom is -0.276 e. The summed E-state index contributed by atoms with van der Waals surface area (Å²) in [6, 6.07) is 17.3. The average Bonchev–Trinajstić information content (AvgIpc) is 3.24. The number of hydrogen-bond donors (Lipinski definition) is 1. The number of benzene rings is 2.